The summed E-state index contributed by atoms with van der Waals surface area (Å²) >= 11 is 0. The summed E-state index contributed by atoms with van der Waals surface area (Å²) in [5, 5.41) is 7.64. The SMILES string of the molecule is CC(C)(C)[C@H]1CN(C(=O)c2ccc(-n3cnnc3)cc2)C[C@@H](c2ccccc2)O1. The molecule has 6 heteroatoms. The maximum Gasteiger partial charge on any atom is 0.254 e. The number of rotatable bonds is 3. The van der Waals surface area contributed by atoms with Crippen molar-refractivity contribution in [2.24, 2.45) is 5.41 Å². The van der Waals surface area contributed by atoms with E-state index in [9.17, 15) is 4.79 Å². The third-order valence-corrected chi connectivity index (χ3v) is 5.36. The van der Waals surface area contributed by atoms with Crippen LogP contribution < -0.4 is 0 Å². The molecule has 0 aliphatic carbocycles. The van der Waals surface area contributed by atoms with Crippen LogP contribution >= 0.6 is 0 Å². The summed E-state index contributed by atoms with van der Waals surface area (Å²) in [6, 6.07) is 17.7. The predicted octanol–water partition coefficient (Wildman–Crippen LogP) is 3.90. The number of carbonyl (C=O) groups excluding carboxylic acids is 1. The maximum atomic E-state index is 13.3. The fourth-order valence-corrected chi connectivity index (χ4v) is 3.55. The molecule has 1 saturated heterocycles. The Morgan fingerprint density at radius 1 is 0.966 bits per heavy atom. The van der Waals surface area contributed by atoms with Gasteiger partial charge in [0.25, 0.3) is 5.91 Å². The molecule has 0 spiro atoms. The highest BCUT2D eigenvalue weighted by atomic mass is 16.5. The Hall–Kier alpha value is -2.99. The van der Waals surface area contributed by atoms with Gasteiger partial charge in [-0.2, -0.15) is 0 Å². The Bertz CT molecular complexity index is 947. The van der Waals surface area contributed by atoms with E-state index >= 15 is 0 Å². The van der Waals surface area contributed by atoms with Crippen LogP contribution in [0.3, 0.4) is 0 Å². The number of hydrogen-bond donors (Lipinski definition) is 0. The molecular formula is C23H26N4O2. The third-order valence-electron chi connectivity index (χ3n) is 5.36. The zero-order valence-electron chi connectivity index (χ0n) is 17.0. The minimum absolute atomic E-state index is 0.0267. The zero-order chi connectivity index (χ0) is 20.4. The predicted molar refractivity (Wildman–Crippen MR) is 111 cm³/mol. The Morgan fingerprint density at radius 2 is 1.62 bits per heavy atom. The number of ether oxygens (including phenoxy) is 1. The molecule has 2 aromatic carbocycles. The van der Waals surface area contributed by atoms with Gasteiger partial charge >= 0.3 is 0 Å². The summed E-state index contributed by atoms with van der Waals surface area (Å²) in [6.45, 7) is 7.59. The van der Waals surface area contributed by atoms with E-state index in [-0.39, 0.29) is 23.5 Å². The molecule has 3 aromatic rings. The van der Waals surface area contributed by atoms with Crippen LogP contribution in [0.15, 0.2) is 67.3 Å². The molecule has 150 valence electrons. The van der Waals surface area contributed by atoms with Gasteiger partial charge in [-0.3, -0.25) is 9.36 Å². The molecule has 29 heavy (non-hydrogen) atoms. The van der Waals surface area contributed by atoms with Crippen LogP contribution in [0.2, 0.25) is 0 Å². The minimum Gasteiger partial charge on any atom is -0.366 e. The first kappa shape index (κ1) is 19.3. The molecule has 1 fully saturated rings. The maximum absolute atomic E-state index is 13.3. The Balaban J connectivity index is 1.57. The number of morpholine rings is 1. The van der Waals surface area contributed by atoms with Gasteiger partial charge in [0.15, 0.2) is 0 Å². The molecule has 2 atom stereocenters. The monoisotopic (exact) mass is 390 g/mol. The Kier molecular flexibility index (Phi) is 5.20. The van der Waals surface area contributed by atoms with Gasteiger partial charge in [0, 0.05) is 17.8 Å². The summed E-state index contributed by atoms with van der Waals surface area (Å²) in [4.78, 5) is 15.2. The smallest absolute Gasteiger partial charge is 0.254 e. The lowest BCUT2D eigenvalue weighted by atomic mass is 9.87. The van der Waals surface area contributed by atoms with E-state index in [2.05, 4.69) is 43.1 Å². The van der Waals surface area contributed by atoms with Crippen molar-refractivity contribution in [1.29, 1.82) is 0 Å². The number of amides is 1. The van der Waals surface area contributed by atoms with Crippen molar-refractivity contribution in [2.45, 2.75) is 33.0 Å². The van der Waals surface area contributed by atoms with Gasteiger partial charge < -0.3 is 9.64 Å². The van der Waals surface area contributed by atoms with Gasteiger partial charge in [-0.25, -0.2) is 0 Å². The first-order chi connectivity index (χ1) is 13.9. The summed E-state index contributed by atoms with van der Waals surface area (Å²) in [5.41, 5.74) is 2.62. The highest BCUT2D eigenvalue weighted by Crippen LogP contribution is 2.34. The van der Waals surface area contributed by atoms with Crippen LogP contribution in [0.5, 0.6) is 0 Å². The molecular weight excluding hydrogens is 364 g/mol. The molecule has 0 bridgehead atoms. The first-order valence-electron chi connectivity index (χ1n) is 9.86. The average Bonchev–Trinajstić information content (AvgIpc) is 3.28. The number of benzene rings is 2. The molecule has 1 amide bonds. The molecule has 1 aromatic heterocycles. The first-order valence-corrected chi connectivity index (χ1v) is 9.86. The van der Waals surface area contributed by atoms with E-state index in [0.717, 1.165) is 11.3 Å². The summed E-state index contributed by atoms with van der Waals surface area (Å²) < 4.78 is 8.22. The quantitative estimate of drug-likeness (QED) is 0.681. The standard InChI is InChI=1S/C23H26N4O2/c1-23(2,3)21-14-26(13-20(29-21)17-7-5-4-6-8-17)22(28)18-9-11-19(12-10-18)27-15-24-25-16-27/h4-12,15-16,20-21H,13-14H2,1-3H3/t20-,21+/m0/s1. The van der Waals surface area contributed by atoms with Gasteiger partial charge in [-0.1, -0.05) is 51.1 Å². The van der Waals surface area contributed by atoms with Crippen LogP contribution in [0, 0.1) is 5.41 Å². The largest absolute Gasteiger partial charge is 0.366 e. The van der Waals surface area contributed by atoms with Crippen molar-refractivity contribution in [2.75, 3.05) is 13.1 Å². The van der Waals surface area contributed by atoms with E-state index < -0.39 is 0 Å². The van der Waals surface area contributed by atoms with Gasteiger partial charge in [-0.05, 0) is 35.2 Å². The second-order valence-corrected chi connectivity index (χ2v) is 8.52. The van der Waals surface area contributed by atoms with Crippen molar-refractivity contribution in [3.05, 3.63) is 78.4 Å². The molecule has 1 aliphatic rings. The van der Waals surface area contributed by atoms with E-state index in [1.54, 1.807) is 12.7 Å². The lowest BCUT2D eigenvalue weighted by Gasteiger charge is -2.43. The zero-order valence-corrected chi connectivity index (χ0v) is 17.0. The van der Waals surface area contributed by atoms with Crippen LogP contribution in [0.1, 0.15) is 42.8 Å². The van der Waals surface area contributed by atoms with Gasteiger partial charge in [0.2, 0.25) is 0 Å². The molecule has 6 nitrogen and oxygen atoms in total. The third kappa shape index (κ3) is 4.22. The van der Waals surface area contributed by atoms with Crippen LogP contribution in [-0.4, -0.2) is 44.8 Å². The van der Waals surface area contributed by atoms with E-state index in [4.69, 9.17) is 4.74 Å². The second-order valence-electron chi connectivity index (χ2n) is 8.52. The number of aromatic nitrogens is 3. The van der Waals surface area contributed by atoms with Crippen LogP contribution in [0.4, 0.5) is 0 Å². The topological polar surface area (TPSA) is 60.2 Å². The van der Waals surface area contributed by atoms with E-state index in [0.29, 0.717) is 18.7 Å². The number of nitrogens with zero attached hydrogens (tertiary/aromatic N) is 4. The Labute approximate surface area is 171 Å². The van der Waals surface area contributed by atoms with Crippen molar-refractivity contribution >= 4 is 5.91 Å². The Morgan fingerprint density at radius 3 is 2.24 bits per heavy atom. The molecule has 0 radical (unpaired) electrons. The number of carbonyl (C=O) groups is 1. The van der Waals surface area contributed by atoms with Crippen molar-refractivity contribution in [1.82, 2.24) is 19.7 Å². The van der Waals surface area contributed by atoms with Gasteiger partial charge in [0.05, 0.1) is 12.6 Å². The molecule has 4 rings (SSSR count). The second kappa shape index (κ2) is 7.79. The van der Waals surface area contributed by atoms with Crippen LogP contribution in [-0.2, 0) is 4.74 Å². The fourth-order valence-electron chi connectivity index (χ4n) is 3.55. The fraction of sp³-hybridized carbons (Fsp3) is 0.348. The molecule has 1 aliphatic heterocycles. The van der Waals surface area contributed by atoms with E-state index in [1.165, 1.54) is 0 Å². The van der Waals surface area contributed by atoms with Gasteiger partial charge in [0.1, 0.15) is 18.8 Å². The highest BCUT2D eigenvalue weighted by molar-refractivity contribution is 5.94. The summed E-state index contributed by atoms with van der Waals surface area (Å²) in [5.74, 6) is 0.0267. The van der Waals surface area contributed by atoms with Crippen molar-refractivity contribution < 1.29 is 9.53 Å². The molecule has 2 heterocycles. The highest BCUT2D eigenvalue weighted by Gasteiger charge is 2.37. The van der Waals surface area contributed by atoms with Crippen molar-refractivity contribution in [3.63, 3.8) is 0 Å². The molecule has 0 unspecified atom stereocenters. The van der Waals surface area contributed by atoms with Crippen molar-refractivity contribution in [3.8, 4) is 5.69 Å². The summed E-state index contributed by atoms with van der Waals surface area (Å²) in [6.07, 6.45) is 3.10. The summed E-state index contributed by atoms with van der Waals surface area (Å²) in [7, 11) is 0. The van der Waals surface area contributed by atoms with E-state index in [1.807, 2.05) is 51.9 Å². The average molecular weight is 390 g/mol. The molecule has 0 saturated carbocycles. The minimum atomic E-state index is -0.130. The number of hydrogen-bond acceptors (Lipinski definition) is 4. The lowest BCUT2D eigenvalue weighted by molar-refractivity contribution is -0.119. The molecule has 0 N–H and O–H groups in total. The normalized spacial score (nSPS) is 19.9. The van der Waals surface area contributed by atoms with Gasteiger partial charge in [-0.15, -0.1) is 10.2 Å². The lowest BCUT2D eigenvalue weighted by Crippen LogP contribution is -2.51. The van der Waals surface area contributed by atoms with Crippen LogP contribution in [0.25, 0.3) is 5.69 Å².